The van der Waals surface area contributed by atoms with Gasteiger partial charge in [-0.2, -0.15) is 0 Å². The molecule has 3 heterocycles. The predicted molar refractivity (Wildman–Crippen MR) is 177 cm³/mol. The number of hydrogen-bond donors (Lipinski definition) is 0. The molecule has 3 aromatic heterocycles. The van der Waals surface area contributed by atoms with Crippen molar-refractivity contribution < 1.29 is 4.42 Å². The third-order valence-electron chi connectivity index (χ3n) is 8.46. The molecule has 6 aromatic carbocycles. The fraction of sp³-hybridized carbons (Fsp3) is 0.0256. The third kappa shape index (κ3) is 3.63. The smallest absolute Gasteiger partial charge is 0.160 e. The molecule has 0 spiro atoms. The first-order valence-corrected chi connectivity index (χ1v) is 14.5. The highest BCUT2D eigenvalue weighted by Gasteiger charge is 2.19. The summed E-state index contributed by atoms with van der Waals surface area (Å²) in [5, 5.41) is 5.69. The molecule has 0 amide bonds. The SMILES string of the molecule is Cc1ccc2c(c1)c1ccc3c4ccccc4oc3c1n2-c1ccc(-c2nc(-c3ccccc3)c3ccccc3n2)cc1. The van der Waals surface area contributed by atoms with Crippen molar-refractivity contribution in [3.8, 4) is 28.3 Å². The Hall–Kier alpha value is -5.74. The summed E-state index contributed by atoms with van der Waals surface area (Å²) < 4.78 is 8.86. The summed E-state index contributed by atoms with van der Waals surface area (Å²) in [4.78, 5) is 10.0. The predicted octanol–water partition coefficient (Wildman–Crippen LogP) is 10.3. The molecule has 9 aromatic rings. The van der Waals surface area contributed by atoms with Crippen LogP contribution in [0.4, 0.5) is 0 Å². The summed E-state index contributed by atoms with van der Waals surface area (Å²) in [7, 11) is 0. The fourth-order valence-electron chi connectivity index (χ4n) is 6.44. The lowest BCUT2D eigenvalue weighted by Crippen LogP contribution is -1.97. The van der Waals surface area contributed by atoms with Crippen LogP contribution < -0.4 is 0 Å². The lowest BCUT2D eigenvalue weighted by Gasteiger charge is -2.11. The molecule has 0 aliphatic rings. The number of aromatic nitrogens is 3. The Morgan fingerprint density at radius 3 is 2.16 bits per heavy atom. The molecule has 43 heavy (non-hydrogen) atoms. The van der Waals surface area contributed by atoms with Crippen LogP contribution in [0.5, 0.6) is 0 Å². The van der Waals surface area contributed by atoms with Crippen molar-refractivity contribution in [1.29, 1.82) is 0 Å². The Balaban J connectivity index is 1.26. The van der Waals surface area contributed by atoms with Gasteiger partial charge in [-0.3, -0.25) is 0 Å². The molecule has 9 rings (SSSR count). The monoisotopic (exact) mass is 551 g/mol. The van der Waals surface area contributed by atoms with Gasteiger partial charge >= 0.3 is 0 Å². The first-order chi connectivity index (χ1) is 21.2. The molecule has 0 bridgehead atoms. The van der Waals surface area contributed by atoms with Crippen LogP contribution in [0.15, 0.2) is 138 Å². The van der Waals surface area contributed by atoms with Crippen molar-refractivity contribution in [3.63, 3.8) is 0 Å². The van der Waals surface area contributed by atoms with Crippen LogP contribution >= 0.6 is 0 Å². The Bertz CT molecular complexity index is 2500. The summed E-state index contributed by atoms with van der Waals surface area (Å²) in [6.45, 7) is 2.14. The standard InChI is InChI=1S/C39H25N3O/c1-24-15-22-34-32(23-24)29-20-21-30-28-11-6-8-14-35(28)43-38(30)37(29)42(34)27-18-16-26(17-19-27)39-40-33-13-7-5-12-31(33)36(41-39)25-9-3-2-4-10-25/h2-23H,1H3. The van der Waals surface area contributed by atoms with Gasteiger partial charge < -0.3 is 8.98 Å². The molecule has 0 N–H and O–H groups in total. The van der Waals surface area contributed by atoms with Crippen LogP contribution in [0.1, 0.15) is 5.56 Å². The average molecular weight is 552 g/mol. The van der Waals surface area contributed by atoms with Crippen LogP contribution in [0, 0.1) is 6.92 Å². The van der Waals surface area contributed by atoms with E-state index in [1.54, 1.807) is 0 Å². The fourth-order valence-corrected chi connectivity index (χ4v) is 6.44. The Labute approximate surface area is 247 Å². The summed E-state index contributed by atoms with van der Waals surface area (Å²) in [5.41, 5.74) is 10.2. The van der Waals surface area contributed by atoms with Crippen molar-refractivity contribution in [1.82, 2.24) is 14.5 Å². The van der Waals surface area contributed by atoms with Gasteiger partial charge in [-0.05, 0) is 61.5 Å². The molecule has 4 nitrogen and oxygen atoms in total. The quantitative estimate of drug-likeness (QED) is 0.219. The molecule has 202 valence electrons. The molecule has 0 saturated carbocycles. The van der Waals surface area contributed by atoms with Crippen molar-refractivity contribution in [3.05, 3.63) is 139 Å². The highest BCUT2D eigenvalue weighted by atomic mass is 16.3. The zero-order valence-electron chi connectivity index (χ0n) is 23.5. The Kier molecular flexibility index (Phi) is 5.08. The number of rotatable bonds is 3. The van der Waals surface area contributed by atoms with E-state index >= 15 is 0 Å². The molecule has 0 aliphatic heterocycles. The summed E-state index contributed by atoms with van der Waals surface area (Å²) >= 11 is 0. The van der Waals surface area contributed by atoms with Crippen LogP contribution in [0.3, 0.4) is 0 Å². The number of fused-ring (bicyclic) bond motifs is 8. The van der Waals surface area contributed by atoms with Crippen LogP contribution in [0.25, 0.3) is 83.0 Å². The second-order valence-corrected chi connectivity index (χ2v) is 11.1. The van der Waals surface area contributed by atoms with Gasteiger partial charge in [-0.1, -0.05) is 84.4 Å². The van der Waals surface area contributed by atoms with Gasteiger partial charge in [-0.25, -0.2) is 9.97 Å². The second-order valence-electron chi connectivity index (χ2n) is 11.1. The van der Waals surface area contributed by atoms with Gasteiger partial charge in [0.2, 0.25) is 0 Å². The zero-order valence-corrected chi connectivity index (χ0v) is 23.5. The number of para-hydroxylation sites is 2. The number of nitrogens with zero attached hydrogens (tertiary/aromatic N) is 3. The summed E-state index contributed by atoms with van der Waals surface area (Å²) in [6.07, 6.45) is 0. The first kappa shape index (κ1) is 23.9. The van der Waals surface area contributed by atoms with E-state index in [4.69, 9.17) is 14.4 Å². The van der Waals surface area contributed by atoms with E-state index in [1.165, 1.54) is 16.3 Å². The minimum atomic E-state index is 0.710. The summed E-state index contributed by atoms with van der Waals surface area (Å²) in [5.74, 6) is 0.710. The van der Waals surface area contributed by atoms with Crippen molar-refractivity contribution in [2.24, 2.45) is 0 Å². The van der Waals surface area contributed by atoms with Crippen LogP contribution in [-0.2, 0) is 0 Å². The lowest BCUT2D eigenvalue weighted by atomic mass is 10.1. The molecule has 0 atom stereocenters. The molecular formula is C39H25N3O. The maximum atomic E-state index is 6.54. The number of aryl methyl sites for hydroxylation is 1. The van der Waals surface area contributed by atoms with E-state index in [0.29, 0.717) is 5.82 Å². The number of furan rings is 1. The van der Waals surface area contributed by atoms with E-state index in [1.807, 2.05) is 42.5 Å². The average Bonchev–Trinajstić information content (AvgIpc) is 3.60. The van der Waals surface area contributed by atoms with Crippen LogP contribution in [-0.4, -0.2) is 14.5 Å². The molecule has 0 aliphatic carbocycles. The lowest BCUT2D eigenvalue weighted by molar-refractivity contribution is 0.671. The van der Waals surface area contributed by atoms with Gasteiger partial charge in [0.15, 0.2) is 11.4 Å². The largest absolute Gasteiger partial charge is 0.454 e. The second kappa shape index (κ2) is 9.13. The summed E-state index contributed by atoms with van der Waals surface area (Å²) in [6, 6.07) is 46.5. The van der Waals surface area contributed by atoms with Gasteiger partial charge in [0.1, 0.15) is 5.58 Å². The zero-order chi connectivity index (χ0) is 28.5. The van der Waals surface area contributed by atoms with Gasteiger partial charge in [-0.15, -0.1) is 0 Å². The highest BCUT2D eigenvalue weighted by Crippen LogP contribution is 2.40. The molecule has 4 heteroatoms. The normalized spacial score (nSPS) is 11.8. The Morgan fingerprint density at radius 1 is 0.558 bits per heavy atom. The van der Waals surface area contributed by atoms with Crippen molar-refractivity contribution in [2.75, 3.05) is 0 Å². The van der Waals surface area contributed by atoms with E-state index in [-0.39, 0.29) is 0 Å². The van der Waals surface area contributed by atoms with Crippen LogP contribution in [0.2, 0.25) is 0 Å². The maximum Gasteiger partial charge on any atom is 0.160 e. The molecular weight excluding hydrogens is 526 g/mol. The van der Waals surface area contributed by atoms with Crippen molar-refractivity contribution in [2.45, 2.75) is 6.92 Å². The van der Waals surface area contributed by atoms with E-state index in [9.17, 15) is 0 Å². The third-order valence-corrected chi connectivity index (χ3v) is 8.46. The minimum Gasteiger partial charge on any atom is -0.454 e. The number of benzene rings is 6. The molecule has 0 radical (unpaired) electrons. The van der Waals surface area contributed by atoms with E-state index in [0.717, 1.165) is 66.4 Å². The Morgan fingerprint density at radius 2 is 1.30 bits per heavy atom. The first-order valence-electron chi connectivity index (χ1n) is 14.5. The molecule has 0 fully saturated rings. The number of hydrogen-bond acceptors (Lipinski definition) is 3. The van der Waals surface area contributed by atoms with Gasteiger partial charge in [0.25, 0.3) is 0 Å². The van der Waals surface area contributed by atoms with Gasteiger partial charge in [0.05, 0.1) is 22.2 Å². The van der Waals surface area contributed by atoms with E-state index in [2.05, 4.69) is 102 Å². The minimum absolute atomic E-state index is 0.710. The maximum absolute atomic E-state index is 6.54. The highest BCUT2D eigenvalue weighted by molar-refractivity contribution is 6.21. The van der Waals surface area contributed by atoms with Gasteiger partial charge in [0, 0.05) is 43.7 Å². The molecule has 0 saturated heterocycles. The van der Waals surface area contributed by atoms with E-state index < -0.39 is 0 Å². The molecule has 0 unspecified atom stereocenters. The van der Waals surface area contributed by atoms with Crippen molar-refractivity contribution >= 4 is 54.6 Å². The topological polar surface area (TPSA) is 43.9 Å².